The van der Waals surface area contributed by atoms with E-state index in [1.807, 2.05) is 6.92 Å². The lowest BCUT2D eigenvalue weighted by atomic mass is 10.4. The molecule has 18 heavy (non-hydrogen) atoms. The van der Waals surface area contributed by atoms with Gasteiger partial charge in [-0.2, -0.15) is 0 Å². The summed E-state index contributed by atoms with van der Waals surface area (Å²) in [6, 6.07) is 0. The summed E-state index contributed by atoms with van der Waals surface area (Å²) in [5, 5.41) is -0.00117. The van der Waals surface area contributed by atoms with Gasteiger partial charge in [0.2, 0.25) is 15.3 Å². The quantitative estimate of drug-likeness (QED) is 0.460. The van der Waals surface area contributed by atoms with E-state index in [0.717, 1.165) is 18.0 Å². The normalized spacial score (nSPS) is 11.4. The number of aromatic nitrogens is 2. The first-order chi connectivity index (χ1) is 8.42. The number of nitrogens with zero attached hydrogens (tertiary/aromatic N) is 2. The fourth-order valence-electron chi connectivity index (χ4n) is 1.02. The Labute approximate surface area is 111 Å². The first-order valence-electron chi connectivity index (χ1n) is 5.11. The Morgan fingerprint density at radius 2 is 2.11 bits per heavy atom. The second kappa shape index (κ2) is 6.79. The molecule has 0 atom stereocenters. The van der Waals surface area contributed by atoms with Crippen LogP contribution in [0.1, 0.15) is 6.92 Å². The highest BCUT2D eigenvalue weighted by Gasteiger charge is 2.14. The summed E-state index contributed by atoms with van der Waals surface area (Å²) in [7, 11) is -3.61. The Bertz CT molecular complexity index is 502. The maximum Gasteiger partial charge on any atom is 0.243 e. The SMILES string of the molecule is C=C(C)COCCNS(=O)(=O)c1cnc(Cl)nc1. The van der Waals surface area contributed by atoms with E-state index >= 15 is 0 Å². The van der Waals surface area contributed by atoms with Crippen molar-refractivity contribution in [2.45, 2.75) is 11.8 Å². The van der Waals surface area contributed by atoms with Crippen LogP contribution in [0.25, 0.3) is 0 Å². The van der Waals surface area contributed by atoms with Gasteiger partial charge in [-0.15, -0.1) is 0 Å². The summed E-state index contributed by atoms with van der Waals surface area (Å²) in [6.07, 6.45) is 2.29. The van der Waals surface area contributed by atoms with E-state index in [1.165, 1.54) is 0 Å². The molecule has 0 unspecified atom stereocenters. The van der Waals surface area contributed by atoms with Crippen LogP contribution in [-0.2, 0) is 14.8 Å². The molecule has 0 saturated heterocycles. The second-order valence-corrected chi connectivity index (χ2v) is 5.70. The van der Waals surface area contributed by atoms with Gasteiger partial charge in [-0.25, -0.2) is 23.1 Å². The number of hydrogen-bond donors (Lipinski definition) is 1. The number of hydrogen-bond acceptors (Lipinski definition) is 5. The molecule has 1 rings (SSSR count). The summed E-state index contributed by atoms with van der Waals surface area (Å²) >= 11 is 5.47. The Morgan fingerprint density at radius 1 is 1.50 bits per heavy atom. The zero-order chi connectivity index (χ0) is 13.6. The molecule has 0 aliphatic heterocycles. The van der Waals surface area contributed by atoms with Crippen molar-refractivity contribution in [2.24, 2.45) is 0 Å². The molecule has 1 heterocycles. The van der Waals surface area contributed by atoms with Crippen LogP contribution in [0, 0.1) is 0 Å². The first-order valence-corrected chi connectivity index (χ1v) is 6.97. The lowest BCUT2D eigenvalue weighted by molar-refractivity contribution is 0.162. The van der Waals surface area contributed by atoms with Crippen LogP contribution in [-0.4, -0.2) is 38.1 Å². The van der Waals surface area contributed by atoms with E-state index in [0.29, 0.717) is 6.61 Å². The highest BCUT2D eigenvalue weighted by atomic mass is 35.5. The Kier molecular flexibility index (Phi) is 5.67. The van der Waals surface area contributed by atoms with Crippen molar-refractivity contribution < 1.29 is 13.2 Å². The van der Waals surface area contributed by atoms with E-state index in [9.17, 15) is 8.42 Å². The molecule has 0 saturated carbocycles. The summed E-state index contributed by atoms with van der Waals surface area (Å²) in [6.45, 7) is 6.33. The summed E-state index contributed by atoms with van der Waals surface area (Å²) in [5.74, 6) is 0. The Balaban J connectivity index is 2.45. The van der Waals surface area contributed by atoms with Crippen molar-refractivity contribution in [1.29, 1.82) is 0 Å². The van der Waals surface area contributed by atoms with Crippen LogP contribution in [0.5, 0.6) is 0 Å². The van der Waals surface area contributed by atoms with Gasteiger partial charge in [0.15, 0.2) is 0 Å². The summed E-state index contributed by atoms with van der Waals surface area (Å²) < 4.78 is 31.0. The molecule has 0 aliphatic carbocycles. The maximum atomic E-state index is 11.7. The van der Waals surface area contributed by atoms with E-state index in [-0.39, 0.29) is 23.3 Å². The molecule has 1 aromatic heterocycles. The van der Waals surface area contributed by atoms with Crippen LogP contribution in [0.2, 0.25) is 5.28 Å². The number of rotatable bonds is 7. The predicted octanol–water partition coefficient (Wildman–Crippen LogP) is 1.00. The number of sulfonamides is 1. The molecule has 8 heteroatoms. The van der Waals surface area contributed by atoms with Gasteiger partial charge in [-0.05, 0) is 18.5 Å². The third kappa shape index (κ3) is 5.09. The van der Waals surface area contributed by atoms with E-state index in [4.69, 9.17) is 16.3 Å². The lowest BCUT2D eigenvalue weighted by Crippen LogP contribution is -2.27. The molecule has 1 aromatic rings. The minimum atomic E-state index is -3.61. The molecule has 1 N–H and O–H groups in total. The van der Waals surface area contributed by atoms with Crippen molar-refractivity contribution in [3.8, 4) is 0 Å². The lowest BCUT2D eigenvalue weighted by Gasteiger charge is -2.06. The largest absolute Gasteiger partial charge is 0.376 e. The highest BCUT2D eigenvalue weighted by Crippen LogP contribution is 2.06. The number of halogens is 1. The molecule has 6 nitrogen and oxygen atoms in total. The van der Waals surface area contributed by atoms with Crippen LogP contribution in [0.3, 0.4) is 0 Å². The third-order valence-corrected chi connectivity index (χ3v) is 3.40. The van der Waals surface area contributed by atoms with Crippen molar-refractivity contribution in [2.75, 3.05) is 19.8 Å². The fourth-order valence-corrected chi connectivity index (χ4v) is 2.02. The van der Waals surface area contributed by atoms with Gasteiger partial charge in [0.25, 0.3) is 0 Å². The predicted molar refractivity (Wildman–Crippen MR) is 67.9 cm³/mol. The third-order valence-electron chi connectivity index (χ3n) is 1.79. The van der Waals surface area contributed by atoms with Crippen molar-refractivity contribution in [3.63, 3.8) is 0 Å². The van der Waals surface area contributed by atoms with E-state index in [2.05, 4.69) is 21.3 Å². The number of ether oxygens (including phenoxy) is 1. The zero-order valence-electron chi connectivity index (χ0n) is 9.89. The molecule has 0 amide bonds. The fraction of sp³-hybridized carbons (Fsp3) is 0.400. The Hall–Kier alpha value is -1.02. The van der Waals surface area contributed by atoms with Crippen LogP contribution >= 0.6 is 11.6 Å². The molecule has 0 aromatic carbocycles. The van der Waals surface area contributed by atoms with Crippen molar-refractivity contribution >= 4 is 21.6 Å². The van der Waals surface area contributed by atoms with Crippen LogP contribution < -0.4 is 4.72 Å². The molecule has 0 aliphatic rings. The smallest absolute Gasteiger partial charge is 0.243 e. The van der Waals surface area contributed by atoms with Gasteiger partial charge in [0, 0.05) is 6.54 Å². The van der Waals surface area contributed by atoms with E-state index < -0.39 is 10.0 Å². The monoisotopic (exact) mass is 291 g/mol. The summed E-state index contributed by atoms with van der Waals surface area (Å²) in [4.78, 5) is 7.18. The Morgan fingerprint density at radius 3 is 2.67 bits per heavy atom. The summed E-state index contributed by atoms with van der Waals surface area (Å²) in [5.41, 5.74) is 0.879. The molecule has 0 radical (unpaired) electrons. The van der Waals surface area contributed by atoms with Gasteiger partial charge < -0.3 is 4.74 Å². The van der Waals surface area contributed by atoms with E-state index in [1.54, 1.807) is 0 Å². The minimum Gasteiger partial charge on any atom is -0.376 e. The highest BCUT2D eigenvalue weighted by molar-refractivity contribution is 7.89. The average Bonchev–Trinajstić information content (AvgIpc) is 2.28. The topological polar surface area (TPSA) is 81.2 Å². The standard InChI is InChI=1S/C10H14ClN3O3S/c1-8(2)7-17-4-3-14-18(15,16)9-5-12-10(11)13-6-9/h5-6,14H,1,3-4,7H2,2H3. The van der Waals surface area contributed by atoms with Crippen LogP contribution in [0.4, 0.5) is 0 Å². The molecule has 0 fully saturated rings. The second-order valence-electron chi connectivity index (χ2n) is 3.60. The molecule has 0 spiro atoms. The molecular weight excluding hydrogens is 278 g/mol. The van der Waals surface area contributed by atoms with Crippen molar-refractivity contribution in [3.05, 3.63) is 29.8 Å². The molecule has 0 bridgehead atoms. The van der Waals surface area contributed by atoms with Gasteiger partial charge in [0.1, 0.15) is 4.90 Å². The van der Waals surface area contributed by atoms with Crippen LogP contribution in [0.15, 0.2) is 29.4 Å². The number of nitrogens with one attached hydrogen (secondary N) is 1. The zero-order valence-corrected chi connectivity index (χ0v) is 11.5. The molecule has 100 valence electrons. The van der Waals surface area contributed by atoms with Gasteiger partial charge in [-0.1, -0.05) is 12.2 Å². The van der Waals surface area contributed by atoms with Gasteiger partial charge >= 0.3 is 0 Å². The average molecular weight is 292 g/mol. The van der Waals surface area contributed by atoms with Gasteiger partial charge in [-0.3, -0.25) is 0 Å². The maximum absolute atomic E-state index is 11.7. The molecular formula is C10H14ClN3O3S. The van der Waals surface area contributed by atoms with Crippen molar-refractivity contribution in [1.82, 2.24) is 14.7 Å². The van der Waals surface area contributed by atoms with Gasteiger partial charge in [0.05, 0.1) is 25.6 Å². The first kappa shape index (κ1) is 15.0. The minimum absolute atomic E-state index is 0.00117.